The Kier molecular flexibility index (Phi) is 8.19. The first-order valence-electron chi connectivity index (χ1n) is 11.0. The summed E-state index contributed by atoms with van der Waals surface area (Å²) >= 11 is 5.78. The molecule has 2 heterocycles. The van der Waals surface area contributed by atoms with Crippen molar-refractivity contribution in [2.75, 3.05) is 24.7 Å². The normalized spacial score (nSPS) is 31.8. The lowest BCUT2D eigenvalue weighted by molar-refractivity contribution is -0.231. The predicted molar refractivity (Wildman–Crippen MR) is 125 cm³/mol. The molecule has 0 amide bonds. The number of hydrogen-bond donors (Lipinski definition) is 4. The monoisotopic (exact) mass is 496 g/mol. The van der Waals surface area contributed by atoms with E-state index >= 15 is 0 Å². The lowest BCUT2D eigenvalue weighted by atomic mass is 9.90. The molecule has 0 aliphatic carbocycles. The van der Waals surface area contributed by atoms with E-state index in [1.54, 1.807) is 12.1 Å². The van der Waals surface area contributed by atoms with Crippen molar-refractivity contribution in [3.63, 3.8) is 0 Å². The van der Waals surface area contributed by atoms with Gasteiger partial charge in [0, 0.05) is 5.02 Å². The molecule has 5 atom stereocenters. The summed E-state index contributed by atoms with van der Waals surface area (Å²) in [6.07, 6.45) is -4.59. The van der Waals surface area contributed by atoms with Crippen LogP contribution >= 0.6 is 11.6 Å². The van der Waals surface area contributed by atoms with Gasteiger partial charge in [-0.05, 0) is 47.7 Å². The Bertz CT molecular complexity index is 920. The fraction of sp³-hybridized carbons (Fsp3) is 0.500. The maximum Gasteiger partial charge on any atom is 0.119 e. The third-order valence-electron chi connectivity index (χ3n) is 6.25. The third kappa shape index (κ3) is 5.83. The van der Waals surface area contributed by atoms with E-state index < -0.39 is 48.3 Å². The number of halogens is 1. The summed E-state index contributed by atoms with van der Waals surface area (Å²) in [7, 11) is 0. The smallest absolute Gasteiger partial charge is 0.119 e. The summed E-state index contributed by atoms with van der Waals surface area (Å²) in [5.41, 5.74) is 2.44. The molecule has 2 aromatic rings. The fourth-order valence-corrected chi connectivity index (χ4v) is 5.67. The summed E-state index contributed by atoms with van der Waals surface area (Å²) < 4.78 is 22.6. The molecule has 0 saturated carbocycles. The van der Waals surface area contributed by atoms with Gasteiger partial charge in [-0.1, -0.05) is 47.0 Å². The summed E-state index contributed by atoms with van der Waals surface area (Å²) in [6, 6.07) is 13.0. The quantitative estimate of drug-likeness (QED) is 0.409. The molecule has 0 radical (unpaired) electrons. The van der Waals surface area contributed by atoms with Gasteiger partial charge in [-0.3, -0.25) is 0 Å². The average Bonchev–Trinajstić information content (AvgIpc) is 2.79. The largest absolute Gasteiger partial charge is 0.616 e. The van der Waals surface area contributed by atoms with Crippen molar-refractivity contribution in [2.24, 2.45) is 5.92 Å². The molecule has 7 nitrogen and oxygen atoms in total. The molecule has 2 saturated heterocycles. The Morgan fingerprint density at radius 3 is 2.42 bits per heavy atom. The van der Waals surface area contributed by atoms with Gasteiger partial charge in [0.25, 0.3) is 0 Å². The molecule has 9 heteroatoms. The lowest BCUT2D eigenvalue weighted by Crippen LogP contribution is -2.55. The van der Waals surface area contributed by atoms with E-state index in [9.17, 15) is 25.0 Å². The van der Waals surface area contributed by atoms with Gasteiger partial charge in [-0.2, -0.15) is 0 Å². The minimum absolute atomic E-state index is 0.476. The second-order valence-electron chi connectivity index (χ2n) is 8.70. The zero-order valence-electron chi connectivity index (χ0n) is 18.0. The number of hydrogen-bond acceptors (Lipinski definition) is 7. The Morgan fingerprint density at radius 2 is 1.76 bits per heavy atom. The Morgan fingerprint density at radius 1 is 1.03 bits per heavy atom. The Hall–Kier alpha value is -1.36. The van der Waals surface area contributed by atoms with E-state index in [1.807, 2.05) is 30.3 Å². The molecule has 2 aromatic carbocycles. The SMILES string of the molecule is [O-][S+]1CC(CCOc2ccc(Cc3cc([C@@H]4O[C@H](CO)[C@@H](O)[C@H](O)[C@H]4O)ccc3Cl)cc2)C1. The van der Waals surface area contributed by atoms with E-state index in [2.05, 4.69) is 0 Å². The molecule has 0 aromatic heterocycles. The van der Waals surface area contributed by atoms with E-state index in [1.165, 1.54) is 0 Å². The van der Waals surface area contributed by atoms with Crippen LogP contribution in [0.5, 0.6) is 5.75 Å². The van der Waals surface area contributed by atoms with Crippen molar-refractivity contribution in [1.82, 2.24) is 0 Å². The maximum atomic E-state index is 11.1. The second-order valence-corrected chi connectivity index (χ2v) is 10.7. The van der Waals surface area contributed by atoms with Gasteiger partial charge < -0.3 is 34.5 Å². The van der Waals surface area contributed by atoms with Gasteiger partial charge in [0.1, 0.15) is 47.8 Å². The van der Waals surface area contributed by atoms with Gasteiger partial charge in [-0.25, -0.2) is 0 Å². The van der Waals surface area contributed by atoms with Crippen LogP contribution < -0.4 is 4.74 Å². The van der Waals surface area contributed by atoms with Crippen LogP contribution in [0, 0.1) is 5.92 Å². The molecular formula is C24H29ClO7S. The van der Waals surface area contributed by atoms with Gasteiger partial charge in [-0.15, -0.1) is 0 Å². The first kappa shape index (κ1) is 24.8. The molecule has 2 aliphatic rings. The van der Waals surface area contributed by atoms with Crippen LogP contribution in [0.2, 0.25) is 5.02 Å². The highest BCUT2D eigenvalue weighted by atomic mass is 35.5. The van der Waals surface area contributed by atoms with E-state index in [0.717, 1.165) is 34.8 Å². The van der Waals surface area contributed by atoms with Crippen LogP contribution in [-0.2, 0) is 22.3 Å². The van der Waals surface area contributed by atoms with Crippen molar-refractivity contribution in [3.05, 3.63) is 64.2 Å². The van der Waals surface area contributed by atoms with E-state index in [4.69, 9.17) is 21.1 Å². The molecule has 0 spiro atoms. The third-order valence-corrected chi connectivity index (χ3v) is 8.30. The fourth-order valence-electron chi connectivity index (χ4n) is 4.19. The van der Waals surface area contributed by atoms with Crippen LogP contribution in [-0.4, -0.2) is 74.1 Å². The zero-order chi connectivity index (χ0) is 23.5. The highest BCUT2D eigenvalue weighted by molar-refractivity contribution is 7.92. The van der Waals surface area contributed by atoms with Crippen LogP contribution in [0.4, 0.5) is 0 Å². The highest BCUT2D eigenvalue weighted by Gasteiger charge is 2.44. The molecule has 2 fully saturated rings. The van der Waals surface area contributed by atoms with Crippen molar-refractivity contribution >= 4 is 22.8 Å². The number of benzene rings is 2. The molecule has 0 bridgehead atoms. The second kappa shape index (κ2) is 10.9. The molecule has 4 rings (SSSR count). The first-order chi connectivity index (χ1) is 15.9. The maximum absolute atomic E-state index is 11.1. The average molecular weight is 497 g/mol. The highest BCUT2D eigenvalue weighted by Crippen LogP contribution is 2.34. The van der Waals surface area contributed by atoms with Gasteiger partial charge in [0.15, 0.2) is 0 Å². The summed E-state index contributed by atoms with van der Waals surface area (Å²) in [5.74, 6) is 2.85. The minimum Gasteiger partial charge on any atom is -0.616 e. The summed E-state index contributed by atoms with van der Waals surface area (Å²) in [5, 5.41) is 40.5. The zero-order valence-corrected chi connectivity index (χ0v) is 19.6. The van der Waals surface area contributed by atoms with E-state index in [-0.39, 0.29) is 0 Å². The first-order valence-corrected chi connectivity index (χ1v) is 12.9. The van der Waals surface area contributed by atoms with Crippen molar-refractivity contribution in [1.29, 1.82) is 0 Å². The van der Waals surface area contributed by atoms with Crippen molar-refractivity contribution in [3.8, 4) is 5.75 Å². The Labute approximate surface area is 201 Å². The molecule has 2 aliphatic heterocycles. The number of aliphatic hydroxyl groups excluding tert-OH is 4. The van der Waals surface area contributed by atoms with Crippen LogP contribution in [0.15, 0.2) is 42.5 Å². The van der Waals surface area contributed by atoms with Gasteiger partial charge >= 0.3 is 0 Å². The standard InChI is InChI=1S/C24H29ClO7S/c25-19-6-3-16(24-23(29)22(28)21(27)20(11-26)32-24)10-17(19)9-14-1-4-18(5-2-14)31-8-7-15-12-33(30)13-15/h1-6,10,15,20-24,26-29H,7-9,11-13H2/t15?,20-,21-,22+,23-,24+,33?/m1/s1. The molecule has 33 heavy (non-hydrogen) atoms. The topological polar surface area (TPSA) is 122 Å². The number of rotatable bonds is 8. The lowest BCUT2D eigenvalue weighted by Gasteiger charge is -2.40. The van der Waals surface area contributed by atoms with Gasteiger partial charge in [0.2, 0.25) is 0 Å². The predicted octanol–water partition coefficient (Wildman–Crippen LogP) is 1.59. The molecular weight excluding hydrogens is 468 g/mol. The number of ether oxygens (including phenoxy) is 2. The summed E-state index contributed by atoms with van der Waals surface area (Å²) in [4.78, 5) is 0. The van der Waals surface area contributed by atoms with Crippen molar-refractivity contribution in [2.45, 2.75) is 43.4 Å². The molecule has 4 N–H and O–H groups in total. The Balaban J connectivity index is 1.39. The van der Waals surface area contributed by atoms with Crippen LogP contribution in [0.1, 0.15) is 29.2 Å². The van der Waals surface area contributed by atoms with Gasteiger partial charge in [0.05, 0.1) is 19.1 Å². The van der Waals surface area contributed by atoms with Crippen LogP contribution in [0.3, 0.4) is 0 Å². The molecule has 0 unspecified atom stereocenters. The van der Waals surface area contributed by atoms with Crippen LogP contribution in [0.25, 0.3) is 0 Å². The van der Waals surface area contributed by atoms with E-state index in [0.29, 0.717) is 29.5 Å². The van der Waals surface area contributed by atoms with Crippen molar-refractivity contribution < 1.29 is 34.5 Å². The minimum atomic E-state index is -1.43. The molecule has 180 valence electrons. The summed E-state index contributed by atoms with van der Waals surface area (Å²) in [6.45, 7) is 0.130. The number of aliphatic hydroxyl groups is 4.